The molecular weight excluding hydrogens is 326 g/mol. The molecule has 3 aromatic rings. The Morgan fingerprint density at radius 3 is 2.54 bits per heavy atom. The fraction of sp³-hybridized carbons (Fsp3) is 0.300. The van der Waals surface area contributed by atoms with Gasteiger partial charge in [-0.05, 0) is 59.5 Å². The van der Waals surface area contributed by atoms with E-state index in [0.29, 0.717) is 6.04 Å². The van der Waals surface area contributed by atoms with Crippen LogP contribution in [0.1, 0.15) is 43.7 Å². The molecule has 1 N–H and O–H groups in total. The maximum atomic E-state index is 12.7. The van der Waals surface area contributed by atoms with Crippen LogP contribution in [0, 0.1) is 0 Å². The lowest BCUT2D eigenvalue weighted by molar-refractivity contribution is -0.117. The van der Waals surface area contributed by atoms with Gasteiger partial charge in [0.15, 0.2) is 5.82 Å². The van der Waals surface area contributed by atoms with Crippen molar-refractivity contribution in [3.63, 3.8) is 0 Å². The third kappa shape index (κ3) is 3.35. The lowest BCUT2D eigenvalue weighted by Crippen LogP contribution is -2.20. The highest BCUT2D eigenvalue weighted by atomic mass is 16.1. The summed E-state index contributed by atoms with van der Waals surface area (Å²) in [4.78, 5) is 12.7. The van der Waals surface area contributed by atoms with Gasteiger partial charge in [0, 0.05) is 11.3 Å². The summed E-state index contributed by atoms with van der Waals surface area (Å²) in [6.07, 6.45) is 3.01. The summed E-state index contributed by atoms with van der Waals surface area (Å²) in [6.45, 7) is 2.03. The Morgan fingerprint density at radius 2 is 1.88 bits per heavy atom. The minimum atomic E-state index is -0.155. The third-order valence-corrected chi connectivity index (χ3v) is 4.72. The molecule has 4 rings (SSSR count). The number of nitrogens with one attached hydrogen (secondary N) is 1. The lowest BCUT2D eigenvalue weighted by atomic mass is 9.95. The normalized spacial score (nSPS) is 14.8. The zero-order chi connectivity index (χ0) is 17.9. The van der Waals surface area contributed by atoms with Crippen molar-refractivity contribution in [3.05, 3.63) is 60.2 Å². The van der Waals surface area contributed by atoms with Crippen LogP contribution in [0.2, 0.25) is 0 Å². The van der Waals surface area contributed by atoms with E-state index in [0.717, 1.165) is 41.9 Å². The molecule has 6 nitrogen and oxygen atoms in total. The first-order valence-electron chi connectivity index (χ1n) is 9.00. The molecule has 1 aliphatic rings. The van der Waals surface area contributed by atoms with Crippen LogP contribution in [-0.4, -0.2) is 26.1 Å². The molecule has 0 spiro atoms. The quantitative estimate of drug-likeness (QED) is 0.736. The van der Waals surface area contributed by atoms with Crippen molar-refractivity contribution in [3.8, 4) is 11.4 Å². The molecule has 6 heteroatoms. The number of tetrazole rings is 1. The number of hydrogen-bond donors (Lipinski definition) is 1. The van der Waals surface area contributed by atoms with E-state index in [4.69, 9.17) is 0 Å². The van der Waals surface area contributed by atoms with Crippen LogP contribution in [0.15, 0.2) is 54.6 Å². The molecule has 0 aliphatic heterocycles. The van der Waals surface area contributed by atoms with Gasteiger partial charge >= 0.3 is 0 Å². The van der Waals surface area contributed by atoms with Gasteiger partial charge in [-0.3, -0.25) is 4.79 Å². The number of aromatic nitrogens is 4. The minimum absolute atomic E-state index is 0.00858. The molecule has 1 heterocycles. The monoisotopic (exact) mass is 347 g/mol. The van der Waals surface area contributed by atoms with Gasteiger partial charge in [0.05, 0.1) is 12.0 Å². The molecule has 0 bridgehead atoms. The molecule has 1 aromatic heterocycles. The van der Waals surface area contributed by atoms with E-state index in [9.17, 15) is 4.79 Å². The molecule has 1 amide bonds. The number of anilines is 1. The first-order valence-corrected chi connectivity index (χ1v) is 9.00. The van der Waals surface area contributed by atoms with E-state index in [2.05, 4.69) is 20.8 Å². The fourth-order valence-electron chi connectivity index (χ4n) is 3.14. The second-order valence-corrected chi connectivity index (χ2v) is 6.62. The van der Waals surface area contributed by atoms with Crippen molar-refractivity contribution < 1.29 is 4.79 Å². The number of carbonyl (C=O) groups is 1. The Kier molecular flexibility index (Phi) is 4.48. The zero-order valence-electron chi connectivity index (χ0n) is 14.7. The molecule has 1 atom stereocenters. The summed E-state index contributed by atoms with van der Waals surface area (Å²) in [5.74, 6) is 0.633. The maximum absolute atomic E-state index is 12.7. The molecule has 26 heavy (non-hydrogen) atoms. The first-order chi connectivity index (χ1) is 12.8. The number of nitrogens with zero attached hydrogens (tertiary/aromatic N) is 4. The Labute approximate surface area is 152 Å². The molecule has 2 aromatic carbocycles. The summed E-state index contributed by atoms with van der Waals surface area (Å²) in [6, 6.07) is 18.0. The van der Waals surface area contributed by atoms with Crippen molar-refractivity contribution in [2.45, 2.75) is 38.1 Å². The topological polar surface area (TPSA) is 72.7 Å². The molecule has 1 saturated carbocycles. The Morgan fingerprint density at radius 1 is 1.15 bits per heavy atom. The number of amides is 1. The van der Waals surface area contributed by atoms with Crippen LogP contribution in [0.25, 0.3) is 11.4 Å². The van der Waals surface area contributed by atoms with Crippen molar-refractivity contribution in [2.24, 2.45) is 0 Å². The van der Waals surface area contributed by atoms with E-state index < -0.39 is 0 Å². The molecule has 1 aliphatic carbocycles. The molecule has 0 saturated heterocycles. The average molecular weight is 347 g/mol. The van der Waals surface area contributed by atoms with Crippen LogP contribution in [0.3, 0.4) is 0 Å². The fourth-order valence-corrected chi connectivity index (χ4v) is 3.14. The molecular formula is C20H21N5O. The Bertz CT molecular complexity index is 884. The lowest BCUT2D eigenvalue weighted by Gasteiger charge is -2.15. The Hall–Kier alpha value is -3.02. The highest BCUT2D eigenvalue weighted by molar-refractivity contribution is 5.96. The van der Waals surface area contributed by atoms with E-state index >= 15 is 0 Å². The van der Waals surface area contributed by atoms with E-state index in [-0.39, 0.29) is 11.8 Å². The average Bonchev–Trinajstić information content (AvgIpc) is 3.40. The number of hydrogen-bond acceptors (Lipinski definition) is 4. The third-order valence-electron chi connectivity index (χ3n) is 4.72. The molecule has 1 unspecified atom stereocenters. The summed E-state index contributed by atoms with van der Waals surface area (Å²) < 4.78 is 1.89. The van der Waals surface area contributed by atoms with Crippen LogP contribution in [-0.2, 0) is 4.79 Å². The van der Waals surface area contributed by atoms with Crippen LogP contribution in [0.5, 0.6) is 0 Å². The van der Waals surface area contributed by atoms with Crippen molar-refractivity contribution in [2.75, 3.05) is 5.32 Å². The van der Waals surface area contributed by atoms with Gasteiger partial charge in [-0.15, -0.1) is 5.10 Å². The van der Waals surface area contributed by atoms with Crippen LogP contribution < -0.4 is 5.32 Å². The van der Waals surface area contributed by atoms with Crippen molar-refractivity contribution in [1.82, 2.24) is 20.2 Å². The van der Waals surface area contributed by atoms with Gasteiger partial charge in [0.25, 0.3) is 0 Å². The minimum Gasteiger partial charge on any atom is -0.326 e. The van der Waals surface area contributed by atoms with Gasteiger partial charge in [-0.2, -0.15) is 0 Å². The summed E-state index contributed by atoms with van der Waals surface area (Å²) >= 11 is 0. The number of benzene rings is 2. The summed E-state index contributed by atoms with van der Waals surface area (Å²) in [5.41, 5.74) is 2.77. The zero-order valence-corrected chi connectivity index (χ0v) is 14.7. The van der Waals surface area contributed by atoms with Crippen molar-refractivity contribution in [1.29, 1.82) is 0 Å². The highest BCUT2D eigenvalue weighted by Crippen LogP contribution is 2.36. The molecule has 132 valence electrons. The van der Waals surface area contributed by atoms with Crippen LogP contribution in [0.4, 0.5) is 5.69 Å². The molecule has 0 radical (unpaired) electrons. The highest BCUT2D eigenvalue weighted by Gasteiger charge is 2.28. The largest absolute Gasteiger partial charge is 0.326 e. The molecule has 1 fully saturated rings. The number of carbonyl (C=O) groups excluding carboxylic acids is 1. The van der Waals surface area contributed by atoms with E-state index in [1.54, 1.807) is 0 Å². The predicted octanol–water partition coefficient (Wildman–Crippen LogP) is 3.81. The van der Waals surface area contributed by atoms with Gasteiger partial charge < -0.3 is 5.32 Å². The predicted molar refractivity (Wildman–Crippen MR) is 99.6 cm³/mol. The van der Waals surface area contributed by atoms with Gasteiger partial charge in [0.2, 0.25) is 5.91 Å². The van der Waals surface area contributed by atoms with E-state index in [1.165, 1.54) is 0 Å². The second-order valence-electron chi connectivity index (χ2n) is 6.62. The summed E-state index contributed by atoms with van der Waals surface area (Å²) in [5, 5.41) is 15.0. The van der Waals surface area contributed by atoms with Gasteiger partial charge in [-0.25, -0.2) is 4.68 Å². The smallest absolute Gasteiger partial charge is 0.231 e. The van der Waals surface area contributed by atoms with Crippen molar-refractivity contribution >= 4 is 11.6 Å². The second kappa shape index (κ2) is 7.07. The Balaban J connectivity index is 1.48. The summed E-state index contributed by atoms with van der Waals surface area (Å²) in [7, 11) is 0. The number of rotatable bonds is 6. The van der Waals surface area contributed by atoms with E-state index in [1.807, 2.05) is 66.2 Å². The van der Waals surface area contributed by atoms with Gasteiger partial charge in [0.1, 0.15) is 0 Å². The SMILES string of the molecule is CCC(C(=O)Nc1ccc(-c2nnnn2C2CC2)cc1)c1ccccc1. The first kappa shape index (κ1) is 16.4. The maximum Gasteiger partial charge on any atom is 0.231 e. The standard InChI is InChI=1S/C20H21N5O/c1-2-18(14-6-4-3-5-7-14)20(26)21-16-10-8-15(9-11-16)19-22-23-24-25(19)17-12-13-17/h3-11,17-18H,2,12-13H2,1H3,(H,21,26). The van der Waals surface area contributed by atoms with Crippen LogP contribution >= 0.6 is 0 Å². The van der Waals surface area contributed by atoms with Gasteiger partial charge in [-0.1, -0.05) is 37.3 Å².